The predicted octanol–water partition coefficient (Wildman–Crippen LogP) is 5.43. The molecule has 5 N–H and O–H groups in total. The smallest absolute Gasteiger partial charge is 0.408 e. The Morgan fingerprint density at radius 3 is 2.04 bits per heavy atom. The highest BCUT2D eigenvalue weighted by Gasteiger charge is 2.34. The Balaban J connectivity index is 1.75. The maximum Gasteiger partial charge on any atom is 0.408 e. The van der Waals surface area contributed by atoms with Gasteiger partial charge in [-0.15, -0.1) is 0 Å². The molecule has 2 atom stereocenters. The summed E-state index contributed by atoms with van der Waals surface area (Å²) in [5.41, 5.74) is 6.28. The molecular formula is C36H49FN4O6S. The molecule has 10 nitrogen and oxygen atoms in total. The maximum absolute atomic E-state index is 14.2. The molecule has 0 heterocycles. The molecule has 3 aromatic carbocycles. The molecule has 0 aliphatic carbocycles. The fraction of sp³-hybridized carbons (Fsp3) is 0.444. The molecule has 0 radical (unpaired) electrons. The van der Waals surface area contributed by atoms with Gasteiger partial charge in [-0.1, -0.05) is 80.9 Å². The number of halogens is 1. The van der Waals surface area contributed by atoms with Crippen LogP contribution in [0.4, 0.5) is 14.9 Å². The second kappa shape index (κ2) is 17.4. The largest absolute Gasteiger partial charge is 0.444 e. The van der Waals surface area contributed by atoms with Crippen LogP contribution in [0.1, 0.15) is 70.9 Å². The summed E-state index contributed by atoms with van der Waals surface area (Å²) in [6.45, 7) is 8.87. The maximum atomic E-state index is 14.2. The van der Waals surface area contributed by atoms with E-state index in [0.717, 1.165) is 17.2 Å². The van der Waals surface area contributed by atoms with Crippen molar-refractivity contribution >= 4 is 27.7 Å². The van der Waals surface area contributed by atoms with E-state index in [9.17, 15) is 27.5 Å². The summed E-state index contributed by atoms with van der Waals surface area (Å²) in [6, 6.07) is 20.4. The number of nitrogen functional groups attached to an aromatic ring is 1. The summed E-state index contributed by atoms with van der Waals surface area (Å²) < 4.78 is 48.0. The fourth-order valence-electron chi connectivity index (χ4n) is 5.39. The first-order valence-electron chi connectivity index (χ1n) is 16.2. The van der Waals surface area contributed by atoms with Crippen molar-refractivity contribution in [3.63, 3.8) is 0 Å². The van der Waals surface area contributed by atoms with Gasteiger partial charge in [0.05, 0.1) is 17.2 Å². The van der Waals surface area contributed by atoms with Gasteiger partial charge >= 0.3 is 6.09 Å². The molecule has 0 fully saturated rings. The number of anilines is 1. The summed E-state index contributed by atoms with van der Waals surface area (Å²) in [4.78, 5) is 26.5. The summed E-state index contributed by atoms with van der Waals surface area (Å²) in [6.07, 6.45) is 0.509. The predicted molar refractivity (Wildman–Crippen MR) is 185 cm³/mol. The molecule has 12 heteroatoms. The minimum Gasteiger partial charge on any atom is -0.444 e. The molecule has 0 saturated carbocycles. The average Bonchev–Trinajstić information content (AvgIpc) is 3.02. The number of alkyl carbamates (subject to hydrolysis) is 1. The number of nitrogens with zero attached hydrogens (tertiary/aromatic N) is 1. The molecule has 2 amide bonds. The van der Waals surface area contributed by atoms with Gasteiger partial charge in [0, 0.05) is 25.0 Å². The summed E-state index contributed by atoms with van der Waals surface area (Å²) in [5, 5.41) is 16.0. The molecule has 3 rings (SSSR count). The number of ether oxygens (including phenoxy) is 1. The van der Waals surface area contributed by atoms with Crippen molar-refractivity contribution in [1.29, 1.82) is 0 Å². The highest BCUT2D eigenvalue weighted by molar-refractivity contribution is 7.89. The quantitative estimate of drug-likeness (QED) is 0.116. The van der Waals surface area contributed by atoms with Crippen molar-refractivity contribution < 1.29 is 32.2 Å². The molecular weight excluding hydrogens is 635 g/mol. The zero-order valence-electron chi connectivity index (χ0n) is 28.4. The number of carbonyl (C=O) groups is 2. The van der Waals surface area contributed by atoms with Crippen molar-refractivity contribution in [2.75, 3.05) is 25.4 Å². The number of nitrogens with two attached hydrogens (primary N) is 1. The van der Waals surface area contributed by atoms with Gasteiger partial charge < -0.3 is 26.2 Å². The second-order valence-electron chi connectivity index (χ2n) is 13.2. The van der Waals surface area contributed by atoms with Crippen molar-refractivity contribution in [2.45, 2.75) is 82.4 Å². The van der Waals surface area contributed by atoms with E-state index in [-0.39, 0.29) is 29.6 Å². The lowest BCUT2D eigenvalue weighted by molar-refractivity contribution is -0.123. The van der Waals surface area contributed by atoms with Gasteiger partial charge in [-0.3, -0.25) is 4.79 Å². The molecule has 0 aromatic heterocycles. The topological polar surface area (TPSA) is 151 Å². The Kier molecular flexibility index (Phi) is 13.9. The van der Waals surface area contributed by atoms with Gasteiger partial charge in [0.25, 0.3) is 0 Å². The third kappa shape index (κ3) is 11.0. The van der Waals surface area contributed by atoms with E-state index in [1.807, 2.05) is 74.5 Å². The minimum atomic E-state index is -4.15. The number of aliphatic hydroxyl groups excluding tert-OH is 1. The van der Waals surface area contributed by atoms with Gasteiger partial charge in [-0.05, 0) is 68.9 Å². The number of unbranched alkanes of at least 4 members (excludes halogenated alkanes) is 1. The van der Waals surface area contributed by atoms with Crippen molar-refractivity contribution in [2.24, 2.45) is 5.92 Å². The van der Waals surface area contributed by atoms with E-state index >= 15 is 0 Å². The van der Waals surface area contributed by atoms with E-state index in [1.165, 1.54) is 16.4 Å². The molecule has 0 saturated heterocycles. The third-order valence-electron chi connectivity index (χ3n) is 7.61. The molecule has 2 unspecified atom stereocenters. The number of aliphatic hydroxyl groups is 1. The Hall–Kier alpha value is -4.00. The fourth-order valence-corrected chi connectivity index (χ4v) is 7.21. The average molecular weight is 685 g/mol. The van der Waals surface area contributed by atoms with Gasteiger partial charge in [0.2, 0.25) is 15.9 Å². The molecule has 0 aliphatic rings. The molecule has 0 bridgehead atoms. The van der Waals surface area contributed by atoms with Crippen LogP contribution in [0.3, 0.4) is 0 Å². The molecule has 0 spiro atoms. The molecule has 0 aliphatic heterocycles. The van der Waals surface area contributed by atoms with Crippen molar-refractivity contribution in [1.82, 2.24) is 14.9 Å². The lowest BCUT2D eigenvalue weighted by Crippen LogP contribution is -2.51. The lowest BCUT2D eigenvalue weighted by atomic mass is 9.84. The number of carbonyl (C=O) groups excluding carboxylic acids is 2. The van der Waals surface area contributed by atoms with Crippen LogP contribution in [-0.4, -0.2) is 67.2 Å². The first-order chi connectivity index (χ1) is 22.6. The second-order valence-corrected chi connectivity index (χ2v) is 15.1. The van der Waals surface area contributed by atoms with E-state index in [1.54, 1.807) is 20.8 Å². The number of amides is 2. The van der Waals surface area contributed by atoms with Gasteiger partial charge in [-0.2, -0.15) is 4.31 Å². The van der Waals surface area contributed by atoms with Crippen molar-refractivity contribution in [3.05, 3.63) is 95.8 Å². The zero-order chi connectivity index (χ0) is 35.5. The third-order valence-corrected chi connectivity index (χ3v) is 9.52. The van der Waals surface area contributed by atoms with Crippen LogP contribution >= 0.6 is 0 Å². The number of sulfonamides is 1. The molecule has 3 aromatic rings. The number of hydrogen-bond acceptors (Lipinski definition) is 7. The zero-order valence-corrected chi connectivity index (χ0v) is 29.2. The van der Waals surface area contributed by atoms with Crippen LogP contribution in [0.2, 0.25) is 0 Å². The Labute approximate surface area is 283 Å². The minimum absolute atomic E-state index is 0.0664. The summed E-state index contributed by atoms with van der Waals surface area (Å²) >= 11 is 0. The van der Waals surface area contributed by atoms with Crippen LogP contribution in [0.5, 0.6) is 0 Å². The van der Waals surface area contributed by atoms with E-state index in [0.29, 0.717) is 19.3 Å². The highest BCUT2D eigenvalue weighted by Crippen LogP contribution is 2.29. The van der Waals surface area contributed by atoms with Crippen LogP contribution < -0.4 is 16.4 Å². The normalized spacial score (nSPS) is 13.4. The molecule has 262 valence electrons. The summed E-state index contributed by atoms with van der Waals surface area (Å²) in [7, 11) is -4.15. The van der Waals surface area contributed by atoms with E-state index in [2.05, 4.69) is 10.6 Å². The Bertz CT molecular complexity index is 1540. The monoisotopic (exact) mass is 684 g/mol. The van der Waals surface area contributed by atoms with Crippen LogP contribution in [0, 0.1) is 11.7 Å². The van der Waals surface area contributed by atoms with Gasteiger partial charge in [0.1, 0.15) is 17.5 Å². The van der Waals surface area contributed by atoms with Crippen LogP contribution in [0.25, 0.3) is 0 Å². The SMILES string of the molecule is CC(C)CN(C(CO)CCCCNC(=O)C(NC(=O)OC(C)(C)C)C(c1ccccc1)c1ccccc1)S(=O)(=O)c1ccc(N)c(F)c1. The van der Waals surface area contributed by atoms with Crippen LogP contribution in [0.15, 0.2) is 83.8 Å². The number of hydrogen-bond donors (Lipinski definition) is 4. The Morgan fingerprint density at radius 1 is 0.958 bits per heavy atom. The van der Waals surface area contributed by atoms with Gasteiger partial charge in [-0.25, -0.2) is 17.6 Å². The first-order valence-corrected chi connectivity index (χ1v) is 17.6. The van der Waals surface area contributed by atoms with Crippen LogP contribution in [-0.2, 0) is 19.6 Å². The first kappa shape index (κ1) is 38.4. The summed E-state index contributed by atoms with van der Waals surface area (Å²) in [5.74, 6) is -1.83. The standard InChI is InChI=1S/C36H49FN4O6S/c1-25(2)23-41(48(45,46)29-19-20-31(38)30(37)22-29)28(24-42)18-12-13-21-39-34(43)33(40-35(44)47-36(3,4)5)32(26-14-8-6-9-15-26)27-16-10-7-11-17-27/h6-11,14-17,19-20,22,25,28,32-33,42H,12-13,18,21,23-24,38H2,1-5H3,(H,39,43)(H,40,44). The number of rotatable bonds is 16. The number of nitrogens with one attached hydrogen (secondary N) is 2. The van der Waals surface area contributed by atoms with E-state index in [4.69, 9.17) is 10.5 Å². The number of benzene rings is 3. The van der Waals surface area contributed by atoms with Crippen molar-refractivity contribution in [3.8, 4) is 0 Å². The molecule has 48 heavy (non-hydrogen) atoms. The Morgan fingerprint density at radius 2 is 1.54 bits per heavy atom. The van der Waals surface area contributed by atoms with E-state index < -0.39 is 58.1 Å². The highest BCUT2D eigenvalue weighted by atomic mass is 32.2. The lowest BCUT2D eigenvalue weighted by Gasteiger charge is -2.31. The van der Waals surface area contributed by atoms with Gasteiger partial charge in [0.15, 0.2) is 0 Å².